The average molecular weight is 276 g/mol. The lowest BCUT2D eigenvalue weighted by Gasteiger charge is -2.06. The first-order chi connectivity index (χ1) is 8.56. The predicted molar refractivity (Wildman–Crippen MR) is 65.8 cm³/mol. The van der Waals surface area contributed by atoms with E-state index in [2.05, 4.69) is 0 Å². The first-order valence-corrected chi connectivity index (χ1v) is 7.26. The van der Waals surface area contributed by atoms with Crippen molar-refractivity contribution in [3.63, 3.8) is 0 Å². The van der Waals surface area contributed by atoms with Gasteiger partial charge in [0, 0.05) is 20.3 Å². The van der Waals surface area contributed by atoms with Crippen molar-refractivity contribution >= 4 is 9.84 Å². The third kappa shape index (κ3) is 5.12. The van der Waals surface area contributed by atoms with Gasteiger partial charge >= 0.3 is 0 Å². The van der Waals surface area contributed by atoms with E-state index < -0.39 is 15.7 Å². The summed E-state index contributed by atoms with van der Waals surface area (Å²) in [4.78, 5) is -0.0111. The van der Waals surface area contributed by atoms with Crippen molar-refractivity contribution in [3.8, 4) is 0 Å². The highest BCUT2D eigenvalue weighted by Crippen LogP contribution is 2.12. The Hall–Kier alpha value is -0.980. The Kier molecular flexibility index (Phi) is 6.24. The largest absolute Gasteiger partial charge is 0.385 e. The predicted octanol–water partition coefficient (Wildman–Crippen LogP) is 1.65. The lowest BCUT2D eigenvalue weighted by atomic mass is 10.4. The summed E-state index contributed by atoms with van der Waals surface area (Å²) < 4.78 is 46.5. The molecule has 0 heterocycles. The standard InChI is InChI=1S/C12H17FO4S/c1-16-6-3-7-17-8-9-18(14,15)12-5-2-4-11(13)10-12/h2,4-5,10H,3,6-9H2,1H3. The fourth-order valence-corrected chi connectivity index (χ4v) is 2.51. The maximum absolute atomic E-state index is 12.9. The van der Waals surface area contributed by atoms with E-state index >= 15 is 0 Å². The van der Waals surface area contributed by atoms with Crippen molar-refractivity contribution in [2.45, 2.75) is 11.3 Å². The molecule has 1 aromatic carbocycles. The second-order valence-electron chi connectivity index (χ2n) is 3.73. The Bertz CT molecular complexity index is 459. The average Bonchev–Trinajstić information content (AvgIpc) is 2.33. The highest BCUT2D eigenvalue weighted by molar-refractivity contribution is 7.91. The summed E-state index contributed by atoms with van der Waals surface area (Å²) in [6, 6.07) is 4.98. The van der Waals surface area contributed by atoms with E-state index in [-0.39, 0.29) is 17.3 Å². The third-order valence-corrected chi connectivity index (χ3v) is 3.97. The number of benzene rings is 1. The maximum atomic E-state index is 12.9. The van der Waals surface area contributed by atoms with Gasteiger partial charge in [-0.1, -0.05) is 6.07 Å². The lowest BCUT2D eigenvalue weighted by Crippen LogP contribution is -2.13. The molecule has 18 heavy (non-hydrogen) atoms. The first kappa shape index (κ1) is 15.1. The van der Waals surface area contributed by atoms with Crippen LogP contribution in [0.15, 0.2) is 29.2 Å². The van der Waals surface area contributed by atoms with E-state index in [1.54, 1.807) is 7.11 Å². The molecule has 102 valence electrons. The molecule has 0 radical (unpaired) electrons. The summed E-state index contributed by atoms with van der Waals surface area (Å²) in [5.41, 5.74) is 0. The van der Waals surface area contributed by atoms with Gasteiger partial charge in [-0.2, -0.15) is 0 Å². The zero-order chi connectivity index (χ0) is 13.4. The Morgan fingerprint density at radius 2 is 2.00 bits per heavy atom. The minimum Gasteiger partial charge on any atom is -0.385 e. The molecular formula is C12H17FO4S. The molecule has 0 aliphatic rings. The van der Waals surface area contributed by atoms with Crippen LogP contribution in [0.5, 0.6) is 0 Å². The molecule has 0 saturated heterocycles. The van der Waals surface area contributed by atoms with Crippen molar-refractivity contribution in [2.24, 2.45) is 0 Å². The minimum atomic E-state index is -3.47. The highest BCUT2D eigenvalue weighted by Gasteiger charge is 2.14. The SMILES string of the molecule is COCCCOCCS(=O)(=O)c1cccc(F)c1. The monoisotopic (exact) mass is 276 g/mol. The molecule has 0 unspecified atom stereocenters. The second kappa shape index (κ2) is 7.45. The number of methoxy groups -OCH3 is 1. The molecule has 0 atom stereocenters. The van der Waals surface area contributed by atoms with Crippen LogP contribution in [0.4, 0.5) is 4.39 Å². The van der Waals surface area contributed by atoms with Gasteiger partial charge in [0.25, 0.3) is 0 Å². The molecule has 0 spiro atoms. The fraction of sp³-hybridized carbons (Fsp3) is 0.500. The molecule has 0 bridgehead atoms. The smallest absolute Gasteiger partial charge is 0.180 e. The van der Waals surface area contributed by atoms with Gasteiger partial charge in [-0.25, -0.2) is 12.8 Å². The summed E-state index contributed by atoms with van der Waals surface area (Å²) >= 11 is 0. The molecule has 6 heteroatoms. The lowest BCUT2D eigenvalue weighted by molar-refractivity contribution is 0.112. The van der Waals surface area contributed by atoms with Crippen molar-refractivity contribution in [1.82, 2.24) is 0 Å². The minimum absolute atomic E-state index is 0.0111. The van der Waals surface area contributed by atoms with Crippen LogP contribution < -0.4 is 0 Å². The summed E-state index contributed by atoms with van der Waals surface area (Å²) in [6.45, 7) is 1.13. The zero-order valence-corrected chi connectivity index (χ0v) is 11.1. The Labute approximate surface area is 107 Å². The number of rotatable bonds is 8. The topological polar surface area (TPSA) is 52.6 Å². The van der Waals surface area contributed by atoms with E-state index in [0.717, 1.165) is 12.5 Å². The van der Waals surface area contributed by atoms with Gasteiger partial charge in [0.2, 0.25) is 0 Å². The second-order valence-corrected chi connectivity index (χ2v) is 5.84. The van der Waals surface area contributed by atoms with Crippen LogP contribution in [0.2, 0.25) is 0 Å². The van der Waals surface area contributed by atoms with E-state index in [4.69, 9.17) is 9.47 Å². The molecule has 0 aromatic heterocycles. The van der Waals surface area contributed by atoms with Crippen molar-refractivity contribution in [2.75, 3.05) is 32.7 Å². The van der Waals surface area contributed by atoms with Crippen molar-refractivity contribution in [1.29, 1.82) is 0 Å². The number of hydrogen-bond acceptors (Lipinski definition) is 4. The van der Waals surface area contributed by atoms with Crippen LogP contribution in [0, 0.1) is 5.82 Å². The van der Waals surface area contributed by atoms with Crippen LogP contribution in [0.3, 0.4) is 0 Å². The van der Waals surface area contributed by atoms with Crippen LogP contribution in [0.1, 0.15) is 6.42 Å². The normalized spacial score (nSPS) is 11.7. The number of halogens is 1. The zero-order valence-electron chi connectivity index (χ0n) is 10.3. The fourth-order valence-electron chi connectivity index (χ4n) is 1.35. The van der Waals surface area contributed by atoms with Gasteiger partial charge in [-0.05, 0) is 24.6 Å². The molecule has 0 N–H and O–H groups in total. The number of sulfone groups is 1. The molecule has 4 nitrogen and oxygen atoms in total. The summed E-state index contributed by atoms with van der Waals surface area (Å²) in [5.74, 6) is -0.708. The van der Waals surface area contributed by atoms with Gasteiger partial charge in [0.15, 0.2) is 9.84 Å². The van der Waals surface area contributed by atoms with Crippen molar-refractivity contribution in [3.05, 3.63) is 30.1 Å². The molecule has 0 saturated carbocycles. The Balaban J connectivity index is 2.41. The molecule has 0 fully saturated rings. The first-order valence-electron chi connectivity index (χ1n) is 5.61. The highest BCUT2D eigenvalue weighted by atomic mass is 32.2. The summed E-state index contributed by atoms with van der Waals surface area (Å²) in [5, 5.41) is 0. The van der Waals surface area contributed by atoms with Gasteiger partial charge in [-0.3, -0.25) is 0 Å². The van der Waals surface area contributed by atoms with E-state index in [9.17, 15) is 12.8 Å². The van der Waals surface area contributed by atoms with Crippen LogP contribution in [-0.2, 0) is 19.3 Å². The van der Waals surface area contributed by atoms with E-state index in [1.807, 2.05) is 0 Å². The molecule has 0 aliphatic carbocycles. The van der Waals surface area contributed by atoms with Crippen molar-refractivity contribution < 1.29 is 22.3 Å². The van der Waals surface area contributed by atoms with Gasteiger partial charge in [-0.15, -0.1) is 0 Å². The van der Waals surface area contributed by atoms with E-state index in [0.29, 0.717) is 13.2 Å². The molecule has 1 rings (SSSR count). The van der Waals surface area contributed by atoms with Crippen LogP contribution in [0.25, 0.3) is 0 Å². The quantitative estimate of drug-likeness (QED) is 0.678. The maximum Gasteiger partial charge on any atom is 0.180 e. The van der Waals surface area contributed by atoms with Crippen LogP contribution in [-0.4, -0.2) is 41.1 Å². The molecule has 0 amide bonds. The van der Waals surface area contributed by atoms with Crippen LogP contribution >= 0.6 is 0 Å². The van der Waals surface area contributed by atoms with Gasteiger partial charge in [0.05, 0.1) is 17.3 Å². The molecule has 1 aromatic rings. The molecule has 0 aliphatic heterocycles. The summed E-state index contributed by atoms with van der Waals surface area (Å²) in [6.07, 6.45) is 0.719. The third-order valence-electron chi connectivity index (χ3n) is 2.29. The van der Waals surface area contributed by atoms with Gasteiger partial charge < -0.3 is 9.47 Å². The summed E-state index contributed by atoms with van der Waals surface area (Å²) in [7, 11) is -1.88. The molecular weight excluding hydrogens is 259 g/mol. The Morgan fingerprint density at radius 1 is 1.22 bits per heavy atom. The Morgan fingerprint density at radius 3 is 2.67 bits per heavy atom. The van der Waals surface area contributed by atoms with Gasteiger partial charge in [0.1, 0.15) is 5.82 Å². The number of ether oxygens (including phenoxy) is 2. The van der Waals surface area contributed by atoms with E-state index in [1.165, 1.54) is 18.2 Å². The number of hydrogen-bond donors (Lipinski definition) is 0.